The minimum absolute atomic E-state index is 0.128. The van der Waals surface area contributed by atoms with E-state index >= 15 is 0 Å². The van der Waals surface area contributed by atoms with Crippen LogP contribution in [0.3, 0.4) is 0 Å². The monoisotopic (exact) mass is 288 g/mol. The Morgan fingerprint density at radius 3 is 2.67 bits per heavy atom. The number of benzene rings is 1. The molecule has 0 aromatic heterocycles. The Morgan fingerprint density at radius 1 is 1.33 bits per heavy atom. The summed E-state index contributed by atoms with van der Waals surface area (Å²) in [6.07, 6.45) is 5.91. The molecule has 2 N–H and O–H groups in total. The zero-order chi connectivity index (χ0) is 15.2. The zero-order valence-corrected chi connectivity index (χ0v) is 13.3. The summed E-state index contributed by atoms with van der Waals surface area (Å²) in [4.78, 5) is 14.7. The smallest absolute Gasteiger partial charge is 0.225 e. The average molecular weight is 288 g/mol. The molecule has 1 aromatic carbocycles. The van der Waals surface area contributed by atoms with Gasteiger partial charge in [0.25, 0.3) is 0 Å². The molecule has 0 saturated heterocycles. The van der Waals surface area contributed by atoms with Gasteiger partial charge in [0.1, 0.15) is 0 Å². The maximum atomic E-state index is 12.7. The van der Waals surface area contributed by atoms with E-state index < -0.39 is 0 Å². The van der Waals surface area contributed by atoms with Crippen LogP contribution in [0.15, 0.2) is 30.3 Å². The molecular formula is C18H28N2O. The summed E-state index contributed by atoms with van der Waals surface area (Å²) < 4.78 is 0. The van der Waals surface area contributed by atoms with Gasteiger partial charge in [-0.1, -0.05) is 43.7 Å². The van der Waals surface area contributed by atoms with Gasteiger partial charge in [0.15, 0.2) is 0 Å². The molecule has 1 aliphatic rings. The number of likely N-dealkylation sites (N-methyl/N-ethyl adjacent to an activating group) is 1. The van der Waals surface area contributed by atoms with Gasteiger partial charge >= 0.3 is 0 Å². The Morgan fingerprint density at radius 2 is 2.05 bits per heavy atom. The summed E-state index contributed by atoms with van der Waals surface area (Å²) in [7, 11) is 1.96. The second-order valence-electron chi connectivity index (χ2n) is 6.32. The van der Waals surface area contributed by atoms with E-state index in [1.165, 1.54) is 5.56 Å². The van der Waals surface area contributed by atoms with Crippen molar-refractivity contribution < 1.29 is 4.79 Å². The second-order valence-corrected chi connectivity index (χ2v) is 6.32. The van der Waals surface area contributed by atoms with Crippen molar-refractivity contribution in [3.05, 3.63) is 35.9 Å². The third kappa shape index (κ3) is 4.31. The molecule has 0 bridgehead atoms. The van der Waals surface area contributed by atoms with E-state index in [1.807, 2.05) is 18.0 Å². The van der Waals surface area contributed by atoms with Crippen LogP contribution in [0.1, 0.15) is 44.6 Å². The highest BCUT2D eigenvalue weighted by molar-refractivity contribution is 5.79. The molecule has 1 aliphatic carbocycles. The van der Waals surface area contributed by atoms with Crippen LogP contribution in [-0.2, 0) is 11.2 Å². The highest BCUT2D eigenvalue weighted by Crippen LogP contribution is 2.26. The lowest BCUT2D eigenvalue weighted by Crippen LogP contribution is -2.44. The highest BCUT2D eigenvalue weighted by Gasteiger charge is 2.29. The van der Waals surface area contributed by atoms with E-state index in [9.17, 15) is 4.79 Å². The van der Waals surface area contributed by atoms with E-state index in [0.29, 0.717) is 0 Å². The third-order valence-corrected chi connectivity index (χ3v) is 4.74. The molecule has 1 saturated carbocycles. The van der Waals surface area contributed by atoms with Crippen LogP contribution in [0.4, 0.5) is 0 Å². The fourth-order valence-electron chi connectivity index (χ4n) is 3.36. The van der Waals surface area contributed by atoms with Crippen LogP contribution in [0, 0.1) is 5.92 Å². The Hall–Kier alpha value is -1.35. The lowest BCUT2D eigenvalue weighted by Gasteiger charge is -2.33. The predicted molar refractivity (Wildman–Crippen MR) is 86.9 cm³/mol. The summed E-state index contributed by atoms with van der Waals surface area (Å²) >= 11 is 0. The molecule has 116 valence electrons. The molecular weight excluding hydrogens is 260 g/mol. The van der Waals surface area contributed by atoms with E-state index in [2.05, 4.69) is 31.2 Å². The van der Waals surface area contributed by atoms with E-state index in [-0.39, 0.29) is 23.9 Å². The van der Waals surface area contributed by atoms with Crippen LogP contribution >= 0.6 is 0 Å². The molecule has 0 aliphatic heterocycles. The van der Waals surface area contributed by atoms with Crippen LogP contribution in [0.25, 0.3) is 0 Å². The van der Waals surface area contributed by atoms with Gasteiger partial charge in [-0.05, 0) is 37.7 Å². The summed E-state index contributed by atoms with van der Waals surface area (Å²) in [5, 5.41) is 0. The number of nitrogens with two attached hydrogens (primary N) is 1. The van der Waals surface area contributed by atoms with Crippen molar-refractivity contribution in [3.63, 3.8) is 0 Å². The van der Waals surface area contributed by atoms with Gasteiger partial charge in [0.2, 0.25) is 5.91 Å². The van der Waals surface area contributed by atoms with Crippen molar-refractivity contribution in [2.45, 2.75) is 57.5 Å². The first kappa shape index (κ1) is 16.0. The Kier molecular flexibility index (Phi) is 5.80. The Balaban J connectivity index is 1.98. The number of hydrogen-bond acceptors (Lipinski definition) is 2. The Bertz CT molecular complexity index is 446. The SMILES string of the molecule is CCC(Cc1ccccc1)N(C)C(=O)C1CCCC(N)C1. The standard InChI is InChI=1S/C18H28N2O/c1-3-17(12-14-8-5-4-6-9-14)20(2)18(21)15-10-7-11-16(19)13-15/h4-6,8-9,15-17H,3,7,10-13,19H2,1-2H3. The summed E-state index contributed by atoms with van der Waals surface area (Å²) in [6, 6.07) is 10.9. The molecule has 1 amide bonds. The maximum Gasteiger partial charge on any atom is 0.225 e. The molecule has 3 unspecified atom stereocenters. The van der Waals surface area contributed by atoms with E-state index in [4.69, 9.17) is 5.73 Å². The molecule has 0 spiro atoms. The van der Waals surface area contributed by atoms with Crippen LogP contribution < -0.4 is 5.73 Å². The third-order valence-electron chi connectivity index (χ3n) is 4.74. The van der Waals surface area contributed by atoms with Gasteiger partial charge < -0.3 is 10.6 Å². The van der Waals surface area contributed by atoms with Crippen LogP contribution in [0.5, 0.6) is 0 Å². The van der Waals surface area contributed by atoms with Crippen molar-refractivity contribution in [3.8, 4) is 0 Å². The second kappa shape index (κ2) is 7.60. The van der Waals surface area contributed by atoms with Crippen molar-refractivity contribution in [2.24, 2.45) is 11.7 Å². The minimum atomic E-state index is 0.128. The zero-order valence-electron chi connectivity index (χ0n) is 13.3. The number of rotatable bonds is 5. The van der Waals surface area contributed by atoms with Crippen molar-refractivity contribution in [1.82, 2.24) is 4.90 Å². The van der Waals surface area contributed by atoms with Gasteiger partial charge in [-0.25, -0.2) is 0 Å². The fourth-order valence-corrected chi connectivity index (χ4v) is 3.36. The van der Waals surface area contributed by atoms with Crippen molar-refractivity contribution in [1.29, 1.82) is 0 Å². The van der Waals surface area contributed by atoms with Crippen molar-refractivity contribution in [2.75, 3.05) is 7.05 Å². The maximum absolute atomic E-state index is 12.7. The largest absolute Gasteiger partial charge is 0.342 e. The first-order valence-corrected chi connectivity index (χ1v) is 8.18. The lowest BCUT2D eigenvalue weighted by molar-refractivity contribution is -0.137. The molecule has 2 rings (SSSR count). The van der Waals surface area contributed by atoms with Gasteiger partial charge in [0, 0.05) is 25.0 Å². The lowest BCUT2D eigenvalue weighted by atomic mass is 9.85. The van der Waals surface area contributed by atoms with Crippen LogP contribution in [-0.4, -0.2) is 29.9 Å². The molecule has 21 heavy (non-hydrogen) atoms. The summed E-state index contributed by atoms with van der Waals surface area (Å²) in [6.45, 7) is 2.16. The van der Waals surface area contributed by atoms with Gasteiger partial charge in [0.05, 0.1) is 0 Å². The van der Waals surface area contributed by atoms with Gasteiger partial charge in [-0.2, -0.15) is 0 Å². The van der Waals surface area contributed by atoms with Crippen molar-refractivity contribution >= 4 is 5.91 Å². The molecule has 0 heterocycles. The number of carbonyl (C=O) groups excluding carboxylic acids is 1. The summed E-state index contributed by atoms with van der Waals surface area (Å²) in [5.41, 5.74) is 7.32. The molecule has 1 fully saturated rings. The molecule has 0 radical (unpaired) electrons. The van der Waals surface area contributed by atoms with Gasteiger partial charge in [-0.15, -0.1) is 0 Å². The van der Waals surface area contributed by atoms with Gasteiger partial charge in [-0.3, -0.25) is 4.79 Å². The molecule has 3 heteroatoms. The first-order chi connectivity index (χ1) is 10.1. The van der Waals surface area contributed by atoms with E-state index in [0.717, 1.165) is 38.5 Å². The average Bonchev–Trinajstić information content (AvgIpc) is 2.52. The minimum Gasteiger partial charge on any atom is -0.342 e. The molecule has 3 atom stereocenters. The Labute approximate surface area is 128 Å². The van der Waals surface area contributed by atoms with Crippen LogP contribution in [0.2, 0.25) is 0 Å². The highest BCUT2D eigenvalue weighted by atomic mass is 16.2. The topological polar surface area (TPSA) is 46.3 Å². The predicted octanol–water partition coefficient (Wildman–Crippen LogP) is 2.98. The van der Waals surface area contributed by atoms with E-state index in [1.54, 1.807) is 0 Å². The first-order valence-electron chi connectivity index (χ1n) is 8.18. The number of nitrogens with zero attached hydrogens (tertiary/aromatic N) is 1. The molecule has 1 aromatic rings. The number of hydrogen-bond donors (Lipinski definition) is 1. The fraction of sp³-hybridized carbons (Fsp3) is 0.611. The molecule has 3 nitrogen and oxygen atoms in total. The summed E-state index contributed by atoms with van der Waals surface area (Å²) in [5.74, 6) is 0.413. The normalized spacial score (nSPS) is 23.6. The number of amides is 1. The quantitative estimate of drug-likeness (QED) is 0.905. The number of carbonyl (C=O) groups is 1.